The molecule has 12 heteroatoms. The highest BCUT2D eigenvalue weighted by Gasteiger charge is 2.39. The maximum absolute atomic E-state index is 12.9. The second kappa shape index (κ2) is 13.5. The van der Waals surface area contributed by atoms with Gasteiger partial charge in [0.05, 0.1) is 26.4 Å². The van der Waals surface area contributed by atoms with E-state index >= 15 is 0 Å². The maximum Gasteiger partial charge on any atom is 0.255 e. The molecule has 1 aromatic carbocycles. The quantitative estimate of drug-likeness (QED) is 0.141. The van der Waals surface area contributed by atoms with Gasteiger partial charge in [-0.05, 0) is 31.5 Å². The van der Waals surface area contributed by atoms with Crippen molar-refractivity contribution < 1.29 is 33.4 Å². The fourth-order valence-electron chi connectivity index (χ4n) is 3.91. The molecule has 0 saturated carbocycles. The molecule has 2 aliphatic heterocycles. The lowest BCUT2D eigenvalue weighted by Gasteiger charge is -2.29. The molecule has 5 amide bonds. The summed E-state index contributed by atoms with van der Waals surface area (Å²) in [5.74, 6) is -1.34. The first-order valence-corrected chi connectivity index (χ1v) is 11.6. The van der Waals surface area contributed by atoms with E-state index in [1.807, 2.05) is 0 Å². The topological polar surface area (TPSA) is 155 Å². The number of amides is 5. The molecule has 0 bridgehead atoms. The molecule has 2 heterocycles. The van der Waals surface area contributed by atoms with Crippen molar-refractivity contribution >= 4 is 35.7 Å². The van der Waals surface area contributed by atoms with Crippen molar-refractivity contribution in [3.8, 4) is 0 Å². The minimum Gasteiger partial charge on any atom is -0.379 e. The average molecular weight is 490 g/mol. The highest BCUT2D eigenvalue weighted by Crippen LogP contribution is 2.32. The Morgan fingerprint density at radius 3 is 2.69 bits per heavy atom. The average Bonchev–Trinajstić information content (AvgIpc) is 3.17. The number of ether oxygens (including phenoxy) is 2. The van der Waals surface area contributed by atoms with Gasteiger partial charge in [-0.3, -0.25) is 29.3 Å². The van der Waals surface area contributed by atoms with Gasteiger partial charge in [0.25, 0.3) is 5.91 Å². The van der Waals surface area contributed by atoms with Crippen LogP contribution in [0, 0.1) is 0 Å². The Morgan fingerprint density at radius 1 is 1.11 bits per heavy atom. The number of benzene rings is 1. The molecule has 3 rings (SSSR count). The normalized spacial score (nSPS) is 17.2. The number of piperidine rings is 1. The second-order valence-corrected chi connectivity index (χ2v) is 8.11. The zero-order chi connectivity index (χ0) is 25.0. The van der Waals surface area contributed by atoms with Crippen molar-refractivity contribution in [1.82, 2.24) is 20.9 Å². The summed E-state index contributed by atoms with van der Waals surface area (Å²) in [5, 5.41) is 10.7. The lowest BCUT2D eigenvalue weighted by molar-refractivity contribution is -0.137. The van der Waals surface area contributed by atoms with Crippen LogP contribution in [0.1, 0.15) is 35.2 Å². The van der Waals surface area contributed by atoms with E-state index < -0.39 is 11.9 Å². The van der Waals surface area contributed by atoms with Gasteiger partial charge in [-0.25, -0.2) is 0 Å². The van der Waals surface area contributed by atoms with E-state index in [-0.39, 0.29) is 43.7 Å². The zero-order valence-corrected chi connectivity index (χ0v) is 19.5. The Bertz CT molecular complexity index is 939. The third-order valence-electron chi connectivity index (χ3n) is 5.63. The molecular weight excluding hydrogens is 458 g/mol. The minimum atomic E-state index is -0.703. The van der Waals surface area contributed by atoms with Crippen LogP contribution in [0.2, 0.25) is 0 Å². The number of hydrogen-bond acceptors (Lipinski definition) is 8. The summed E-state index contributed by atoms with van der Waals surface area (Å²) in [7, 11) is 0. The van der Waals surface area contributed by atoms with Gasteiger partial charge in [0.15, 0.2) is 0 Å². The van der Waals surface area contributed by atoms with Gasteiger partial charge >= 0.3 is 0 Å². The van der Waals surface area contributed by atoms with E-state index in [4.69, 9.17) is 9.47 Å². The first-order valence-electron chi connectivity index (χ1n) is 11.6. The summed E-state index contributed by atoms with van der Waals surface area (Å²) < 4.78 is 10.7. The molecule has 4 N–H and O–H groups in total. The van der Waals surface area contributed by atoms with E-state index in [9.17, 15) is 24.0 Å². The summed E-state index contributed by atoms with van der Waals surface area (Å²) in [5.41, 5.74) is 1.64. The lowest BCUT2D eigenvalue weighted by Crippen LogP contribution is -2.52. The Hall–Kier alpha value is -3.35. The van der Waals surface area contributed by atoms with Crippen molar-refractivity contribution in [2.75, 3.05) is 51.4 Å². The Kier molecular flexibility index (Phi) is 10.1. The van der Waals surface area contributed by atoms with Gasteiger partial charge < -0.3 is 30.3 Å². The fraction of sp³-hybridized carbons (Fsp3) is 0.522. The van der Waals surface area contributed by atoms with E-state index in [1.165, 1.54) is 4.90 Å². The van der Waals surface area contributed by atoms with Crippen LogP contribution in [0.4, 0.5) is 5.69 Å². The number of anilines is 1. The zero-order valence-electron chi connectivity index (χ0n) is 19.5. The monoisotopic (exact) mass is 489 g/mol. The van der Waals surface area contributed by atoms with E-state index in [0.717, 1.165) is 6.42 Å². The highest BCUT2D eigenvalue weighted by molar-refractivity contribution is 6.06. The Balaban J connectivity index is 1.36. The maximum atomic E-state index is 12.9. The standard InChI is InChI=1S/C23H31N5O7/c29-15-25-8-10-35-12-11-34-9-2-7-24-13-21(31)26-18-4-1-3-16-17(18)14-28(23(16)33)19-5-6-20(30)27-22(19)32/h1,3-4,15,19,24H,2,5-14H2,(H,25,29)(H,26,31)(H,27,30,32). The van der Waals surface area contributed by atoms with Crippen LogP contribution in [-0.4, -0.2) is 87.0 Å². The van der Waals surface area contributed by atoms with Crippen molar-refractivity contribution in [1.29, 1.82) is 0 Å². The smallest absolute Gasteiger partial charge is 0.255 e. The lowest BCUT2D eigenvalue weighted by atomic mass is 10.0. The second-order valence-electron chi connectivity index (χ2n) is 8.11. The van der Waals surface area contributed by atoms with Crippen molar-refractivity contribution in [2.45, 2.75) is 31.8 Å². The molecule has 35 heavy (non-hydrogen) atoms. The van der Waals surface area contributed by atoms with Crippen LogP contribution in [0.15, 0.2) is 18.2 Å². The number of nitrogens with zero attached hydrogens (tertiary/aromatic N) is 1. The molecule has 0 aromatic heterocycles. The van der Waals surface area contributed by atoms with Gasteiger partial charge in [-0.1, -0.05) is 6.07 Å². The predicted molar refractivity (Wildman–Crippen MR) is 124 cm³/mol. The van der Waals surface area contributed by atoms with E-state index in [1.54, 1.807) is 18.2 Å². The third-order valence-corrected chi connectivity index (χ3v) is 5.63. The molecule has 1 saturated heterocycles. The number of nitrogens with one attached hydrogen (secondary N) is 4. The van der Waals surface area contributed by atoms with Gasteiger partial charge in [0, 0.05) is 42.9 Å². The first kappa shape index (κ1) is 26.3. The van der Waals surface area contributed by atoms with Gasteiger partial charge in [-0.15, -0.1) is 0 Å². The Morgan fingerprint density at radius 2 is 1.91 bits per heavy atom. The van der Waals surface area contributed by atoms with Crippen LogP contribution in [0.3, 0.4) is 0 Å². The molecular formula is C23H31N5O7. The SMILES string of the molecule is O=CNCCOCCOCCCNCC(=O)Nc1cccc2c1CN(C1CCC(=O)NC1=O)C2=O. The van der Waals surface area contributed by atoms with Crippen molar-refractivity contribution in [3.63, 3.8) is 0 Å². The third kappa shape index (κ3) is 7.57. The molecule has 1 unspecified atom stereocenters. The predicted octanol–water partition coefficient (Wildman–Crippen LogP) is -0.855. The summed E-state index contributed by atoms with van der Waals surface area (Å²) in [6, 6.07) is 4.38. The number of imide groups is 1. The largest absolute Gasteiger partial charge is 0.379 e. The van der Waals surface area contributed by atoms with Gasteiger partial charge in [0.1, 0.15) is 6.04 Å². The minimum absolute atomic E-state index is 0.0985. The van der Waals surface area contributed by atoms with E-state index in [0.29, 0.717) is 62.7 Å². The fourth-order valence-corrected chi connectivity index (χ4v) is 3.91. The Labute approximate surface area is 203 Å². The van der Waals surface area contributed by atoms with Crippen LogP contribution < -0.4 is 21.3 Å². The van der Waals surface area contributed by atoms with Gasteiger partial charge in [0.2, 0.25) is 24.1 Å². The summed E-state index contributed by atoms with van der Waals surface area (Å²) in [6.45, 7) is 3.21. The molecule has 190 valence electrons. The number of fused-ring (bicyclic) bond motifs is 1. The summed E-state index contributed by atoms with van der Waals surface area (Å²) in [4.78, 5) is 60.4. The molecule has 2 aliphatic rings. The molecule has 1 aromatic rings. The number of hydrogen-bond donors (Lipinski definition) is 4. The molecule has 0 aliphatic carbocycles. The van der Waals surface area contributed by atoms with Crippen molar-refractivity contribution in [2.24, 2.45) is 0 Å². The summed E-state index contributed by atoms with van der Waals surface area (Å²) >= 11 is 0. The molecule has 1 fully saturated rings. The first-order chi connectivity index (χ1) is 17.0. The van der Waals surface area contributed by atoms with Crippen LogP contribution >= 0.6 is 0 Å². The van der Waals surface area contributed by atoms with Crippen LogP contribution in [0.5, 0.6) is 0 Å². The highest BCUT2D eigenvalue weighted by atomic mass is 16.5. The molecule has 1 atom stereocenters. The summed E-state index contributed by atoms with van der Waals surface area (Å²) in [6.07, 6.45) is 1.81. The van der Waals surface area contributed by atoms with Crippen molar-refractivity contribution in [3.05, 3.63) is 29.3 Å². The molecule has 12 nitrogen and oxygen atoms in total. The van der Waals surface area contributed by atoms with Crippen LogP contribution in [0.25, 0.3) is 0 Å². The number of rotatable bonds is 15. The van der Waals surface area contributed by atoms with Crippen LogP contribution in [-0.2, 0) is 35.2 Å². The number of carbonyl (C=O) groups excluding carboxylic acids is 5. The van der Waals surface area contributed by atoms with E-state index in [2.05, 4.69) is 21.3 Å². The molecule has 0 radical (unpaired) electrons. The van der Waals surface area contributed by atoms with Gasteiger partial charge in [-0.2, -0.15) is 0 Å². The number of carbonyl (C=O) groups is 5. The molecule has 0 spiro atoms.